The summed E-state index contributed by atoms with van der Waals surface area (Å²) in [5.74, 6) is 0.0848. The van der Waals surface area contributed by atoms with E-state index in [1.54, 1.807) is 17.5 Å². The molecule has 0 aliphatic carbocycles. The van der Waals surface area contributed by atoms with E-state index in [9.17, 15) is 4.79 Å². The standard InChI is InChI=1S/C9H13N3OS/c10-7-1-4-12(9(7)13)5-2-8-11-3-6-14-8/h3,6-7H,1-2,4-5,10H2. The predicted molar refractivity (Wildman–Crippen MR) is 55.0 cm³/mol. The van der Waals surface area contributed by atoms with Crippen LogP contribution in [-0.2, 0) is 11.2 Å². The Hall–Kier alpha value is -0.940. The van der Waals surface area contributed by atoms with Crippen LogP contribution >= 0.6 is 11.3 Å². The Morgan fingerprint density at radius 1 is 1.71 bits per heavy atom. The van der Waals surface area contributed by atoms with Gasteiger partial charge in [-0.05, 0) is 6.42 Å². The van der Waals surface area contributed by atoms with Gasteiger partial charge in [0.05, 0.1) is 11.0 Å². The summed E-state index contributed by atoms with van der Waals surface area (Å²) in [5.41, 5.74) is 5.61. The summed E-state index contributed by atoms with van der Waals surface area (Å²) in [6.07, 6.45) is 3.42. The number of thiazole rings is 1. The smallest absolute Gasteiger partial charge is 0.239 e. The molecule has 76 valence electrons. The first-order valence-corrected chi connectivity index (χ1v) is 5.58. The SMILES string of the molecule is NC1CCN(CCc2nccs2)C1=O. The average molecular weight is 211 g/mol. The van der Waals surface area contributed by atoms with Crippen molar-refractivity contribution >= 4 is 17.2 Å². The lowest BCUT2D eigenvalue weighted by Gasteiger charge is -2.14. The van der Waals surface area contributed by atoms with Crippen LogP contribution in [0, 0.1) is 0 Å². The molecule has 0 bridgehead atoms. The maximum atomic E-state index is 11.4. The van der Waals surface area contributed by atoms with E-state index in [-0.39, 0.29) is 11.9 Å². The fourth-order valence-corrected chi connectivity index (χ4v) is 2.20. The van der Waals surface area contributed by atoms with Crippen molar-refractivity contribution in [2.45, 2.75) is 18.9 Å². The number of nitrogens with two attached hydrogens (primary N) is 1. The van der Waals surface area contributed by atoms with E-state index in [0.29, 0.717) is 0 Å². The van der Waals surface area contributed by atoms with E-state index in [1.807, 2.05) is 10.3 Å². The first kappa shape index (κ1) is 9.61. The van der Waals surface area contributed by atoms with Crippen LogP contribution in [0.25, 0.3) is 0 Å². The highest BCUT2D eigenvalue weighted by molar-refractivity contribution is 7.09. The monoisotopic (exact) mass is 211 g/mol. The van der Waals surface area contributed by atoms with Crippen molar-refractivity contribution in [3.63, 3.8) is 0 Å². The first-order valence-electron chi connectivity index (χ1n) is 4.70. The van der Waals surface area contributed by atoms with Gasteiger partial charge in [-0.2, -0.15) is 0 Å². The number of aromatic nitrogens is 1. The largest absolute Gasteiger partial charge is 0.341 e. The highest BCUT2D eigenvalue weighted by atomic mass is 32.1. The minimum atomic E-state index is -0.272. The molecule has 0 aromatic carbocycles. The molecule has 0 spiro atoms. The molecular formula is C9H13N3OS. The second-order valence-corrected chi connectivity index (χ2v) is 4.38. The fourth-order valence-electron chi connectivity index (χ4n) is 1.59. The van der Waals surface area contributed by atoms with Gasteiger partial charge in [-0.15, -0.1) is 11.3 Å². The maximum absolute atomic E-state index is 11.4. The number of rotatable bonds is 3. The van der Waals surface area contributed by atoms with Crippen LogP contribution in [0.4, 0.5) is 0 Å². The first-order chi connectivity index (χ1) is 6.77. The van der Waals surface area contributed by atoms with E-state index < -0.39 is 0 Å². The van der Waals surface area contributed by atoms with Crippen LogP contribution in [-0.4, -0.2) is 34.9 Å². The number of carbonyl (C=O) groups excluding carboxylic acids is 1. The second kappa shape index (κ2) is 4.06. The summed E-state index contributed by atoms with van der Waals surface area (Å²) >= 11 is 1.63. The second-order valence-electron chi connectivity index (χ2n) is 3.40. The van der Waals surface area contributed by atoms with Gasteiger partial charge in [0, 0.05) is 31.1 Å². The van der Waals surface area contributed by atoms with E-state index in [2.05, 4.69) is 4.98 Å². The number of likely N-dealkylation sites (tertiary alicyclic amines) is 1. The zero-order valence-corrected chi connectivity index (χ0v) is 8.67. The highest BCUT2D eigenvalue weighted by Gasteiger charge is 2.27. The minimum absolute atomic E-state index is 0.0848. The summed E-state index contributed by atoms with van der Waals surface area (Å²) in [6, 6.07) is -0.272. The summed E-state index contributed by atoms with van der Waals surface area (Å²) < 4.78 is 0. The Morgan fingerprint density at radius 3 is 3.14 bits per heavy atom. The van der Waals surface area contributed by atoms with E-state index >= 15 is 0 Å². The molecule has 1 aromatic heterocycles. The van der Waals surface area contributed by atoms with Crippen LogP contribution in [0.1, 0.15) is 11.4 Å². The van der Waals surface area contributed by atoms with Crippen LogP contribution in [0.15, 0.2) is 11.6 Å². The van der Waals surface area contributed by atoms with Crippen molar-refractivity contribution in [3.05, 3.63) is 16.6 Å². The van der Waals surface area contributed by atoms with Crippen molar-refractivity contribution < 1.29 is 4.79 Å². The predicted octanol–water partition coefficient (Wildman–Crippen LogP) is 0.245. The van der Waals surface area contributed by atoms with Crippen molar-refractivity contribution in [2.24, 2.45) is 5.73 Å². The molecule has 1 unspecified atom stereocenters. The normalized spacial score (nSPS) is 21.9. The van der Waals surface area contributed by atoms with Gasteiger partial charge in [0.1, 0.15) is 0 Å². The van der Waals surface area contributed by atoms with Crippen LogP contribution in [0.2, 0.25) is 0 Å². The Balaban J connectivity index is 1.84. The van der Waals surface area contributed by atoms with Crippen LogP contribution in [0.3, 0.4) is 0 Å². The third-order valence-corrected chi connectivity index (χ3v) is 3.26. The molecule has 2 heterocycles. The Labute approximate surface area is 86.7 Å². The molecule has 1 atom stereocenters. The zero-order chi connectivity index (χ0) is 9.97. The van der Waals surface area contributed by atoms with Gasteiger partial charge in [-0.1, -0.05) is 0 Å². The van der Waals surface area contributed by atoms with Crippen molar-refractivity contribution in [1.82, 2.24) is 9.88 Å². The number of hydrogen-bond acceptors (Lipinski definition) is 4. The van der Waals surface area contributed by atoms with E-state index in [4.69, 9.17) is 5.73 Å². The lowest BCUT2D eigenvalue weighted by atomic mass is 10.3. The van der Waals surface area contributed by atoms with Gasteiger partial charge < -0.3 is 10.6 Å². The van der Waals surface area contributed by atoms with Gasteiger partial charge in [-0.3, -0.25) is 4.79 Å². The summed E-state index contributed by atoms with van der Waals surface area (Å²) in [5, 5.41) is 3.03. The number of carbonyl (C=O) groups is 1. The molecule has 1 aromatic rings. The lowest BCUT2D eigenvalue weighted by Crippen LogP contribution is -2.35. The number of hydrogen-bond donors (Lipinski definition) is 1. The van der Waals surface area contributed by atoms with Gasteiger partial charge in [0.15, 0.2) is 0 Å². The van der Waals surface area contributed by atoms with Crippen LogP contribution < -0.4 is 5.73 Å². The third kappa shape index (κ3) is 1.93. The fraction of sp³-hybridized carbons (Fsp3) is 0.556. The highest BCUT2D eigenvalue weighted by Crippen LogP contribution is 2.11. The summed E-state index contributed by atoms with van der Waals surface area (Å²) in [6.45, 7) is 1.55. The Morgan fingerprint density at radius 2 is 2.57 bits per heavy atom. The number of nitrogens with zero attached hydrogens (tertiary/aromatic N) is 2. The summed E-state index contributed by atoms with van der Waals surface area (Å²) in [4.78, 5) is 17.4. The average Bonchev–Trinajstić information content (AvgIpc) is 2.77. The molecule has 0 saturated carbocycles. The quantitative estimate of drug-likeness (QED) is 0.779. The van der Waals surface area contributed by atoms with Gasteiger partial charge >= 0.3 is 0 Å². The van der Waals surface area contributed by atoms with Crippen LogP contribution in [0.5, 0.6) is 0 Å². The summed E-state index contributed by atoms with van der Waals surface area (Å²) in [7, 11) is 0. The Kier molecular flexibility index (Phi) is 2.79. The topological polar surface area (TPSA) is 59.2 Å². The lowest BCUT2D eigenvalue weighted by molar-refractivity contribution is -0.128. The maximum Gasteiger partial charge on any atom is 0.239 e. The molecule has 4 nitrogen and oxygen atoms in total. The molecular weight excluding hydrogens is 198 g/mol. The molecule has 1 aliphatic rings. The van der Waals surface area contributed by atoms with Gasteiger partial charge in [0.2, 0.25) is 5.91 Å². The molecule has 5 heteroatoms. The Bertz CT molecular complexity index is 312. The molecule has 1 aliphatic heterocycles. The number of amides is 1. The molecule has 2 N–H and O–H groups in total. The third-order valence-electron chi connectivity index (χ3n) is 2.42. The van der Waals surface area contributed by atoms with Gasteiger partial charge in [-0.25, -0.2) is 4.98 Å². The molecule has 1 amide bonds. The van der Waals surface area contributed by atoms with E-state index in [1.165, 1.54) is 0 Å². The van der Waals surface area contributed by atoms with Crippen molar-refractivity contribution in [3.8, 4) is 0 Å². The van der Waals surface area contributed by atoms with Crippen molar-refractivity contribution in [2.75, 3.05) is 13.1 Å². The molecule has 1 saturated heterocycles. The molecule has 2 rings (SSSR count). The van der Waals surface area contributed by atoms with Gasteiger partial charge in [0.25, 0.3) is 0 Å². The van der Waals surface area contributed by atoms with E-state index in [0.717, 1.165) is 30.9 Å². The zero-order valence-electron chi connectivity index (χ0n) is 7.85. The molecule has 1 fully saturated rings. The van der Waals surface area contributed by atoms with Crippen molar-refractivity contribution in [1.29, 1.82) is 0 Å². The molecule has 14 heavy (non-hydrogen) atoms. The minimum Gasteiger partial charge on any atom is -0.341 e. The molecule has 0 radical (unpaired) electrons.